The molecule has 0 aliphatic carbocycles. The van der Waals surface area contributed by atoms with Gasteiger partial charge in [-0.1, -0.05) is 13.0 Å². The quantitative estimate of drug-likeness (QED) is 0.790. The van der Waals surface area contributed by atoms with Gasteiger partial charge in [0.15, 0.2) is 0 Å². The molecule has 1 aromatic heterocycles. The molecule has 19 heavy (non-hydrogen) atoms. The maximum absolute atomic E-state index is 9.12. The number of alkyl halides is 1. The normalized spacial score (nSPS) is 12.5. The van der Waals surface area contributed by atoms with Crippen LogP contribution in [0.4, 0.5) is 0 Å². The number of benzene rings is 1. The summed E-state index contributed by atoms with van der Waals surface area (Å²) >= 11 is 5.96. The van der Waals surface area contributed by atoms with Crippen LogP contribution in [0.3, 0.4) is 0 Å². The van der Waals surface area contributed by atoms with Crippen molar-refractivity contribution in [3.8, 4) is 6.07 Å². The highest BCUT2D eigenvalue weighted by Crippen LogP contribution is 2.22. The van der Waals surface area contributed by atoms with Crippen molar-refractivity contribution in [2.45, 2.75) is 19.3 Å². The lowest BCUT2D eigenvalue weighted by molar-refractivity contribution is 0.151. The van der Waals surface area contributed by atoms with Crippen molar-refractivity contribution in [1.29, 1.82) is 5.26 Å². The minimum absolute atomic E-state index is 0.333. The fraction of sp³-hybridized carbons (Fsp3) is 0.429. The molecule has 5 heteroatoms. The molecule has 0 N–H and O–H groups in total. The lowest BCUT2D eigenvalue weighted by Gasteiger charge is -2.13. The van der Waals surface area contributed by atoms with Gasteiger partial charge in [-0.3, -0.25) is 0 Å². The zero-order chi connectivity index (χ0) is 13.8. The monoisotopic (exact) mass is 277 g/mol. The number of rotatable bonds is 5. The summed E-state index contributed by atoms with van der Waals surface area (Å²) in [5.74, 6) is 1.48. The zero-order valence-electron chi connectivity index (χ0n) is 11.1. The van der Waals surface area contributed by atoms with Crippen molar-refractivity contribution in [2.24, 2.45) is 5.92 Å². The molecule has 0 aliphatic rings. The zero-order valence-corrected chi connectivity index (χ0v) is 11.8. The highest BCUT2D eigenvalue weighted by atomic mass is 35.5. The van der Waals surface area contributed by atoms with Crippen LogP contribution in [0.25, 0.3) is 11.0 Å². The smallest absolute Gasteiger partial charge is 0.124 e. The largest absolute Gasteiger partial charge is 0.384 e. The minimum Gasteiger partial charge on any atom is -0.384 e. The molecular weight excluding hydrogens is 262 g/mol. The summed E-state index contributed by atoms with van der Waals surface area (Å²) < 4.78 is 7.24. The molecule has 0 bridgehead atoms. The minimum atomic E-state index is 0.333. The molecule has 0 radical (unpaired) electrons. The number of nitriles is 1. The second-order valence-electron chi connectivity index (χ2n) is 4.62. The first kappa shape index (κ1) is 13.9. The Morgan fingerprint density at radius 1 is 1.53 bits per heavy atom. The molecular formula is C14H16ClN3O. The molecule has 1 heterocycles. The van der Waals surface area contributed by atoms with Gasteiger partial charge in [0.05, 0.1) is 23.6 Å². The molecule has 2 aromatic rings. The fourth-order valence-electron chi connectivity index (χ4n) is 2.24. The van der Waals surface area contributed by atoms with Crippen molar-refractivity contribution in [3.05, 3.63) is 29.6 Å². The standard InChI is InChI=1S/C14H16ClN3O/c1-10(9-19-2)8-18-12-5-3-4-11(7-16)14(12)17-13(18)6-15/h3-5,10H,6,8-9H2,1-2H3. The molecule has 0 fully saturated rings. The molecule has 1 atom stereocenters. The van der Waals surface area contributed by atoms with Gasteiger partial charge in [-0.2, -0.15) is 5.26 Å². The highest BCUT2D eigenvalue weighted by Gasteiger charge is 2.14. The predicted molar refractivity (Wildman–Crippen MR) is 75.0 cm³/mol. The van der Waals surface area contributed by atoms with Crippen LogP contribution in [-0.4, -0.2) is 23.3 Å². The van der Waals surface area contributed by atoms with Crippen LogP contribution in [0.1, 0.15) is 18.3 Å². The van der Waals surface area contributed by atoms with Gasteiger partial charge in [0.25, 0.3) is 0 Å². The van der Waals surface area contributed by atoms with Gasteiger partial charge < -0.3 is 9.30 Å². The first-order chi connectivity index (χ1) is 9.21. The summed E-state index contributed by atoms with van der Waals surface area (Å²) in [4.78, 5) is 4.48. The highest BCUT2D eigenvalue weighted by molar-refractivity contribution is 6.16. The number of fused-ring (bicyclic) bond motifs is 1. The van der Waals surface area contributed by atoms with Gasteiger partial charge in [0, 0.05) is 13.7 Å². The maximum Gasteiger partial charge on any atom is 0.124 e. The number of para-hydroxylation sites is 1. The van der Waals surface area contributed by atoms with Crippen LogP contribution in [0.5, 0.6) is 0 Å². The molecule has 2 rings (SSSR count). The van der Waals surface area contributed by atoms with Gasteiger partial charge in [0.2, 0.25) is 0 Å². The maximum atomic E-state index is 9.12. The van der Waals surface area contributed by atoms with Crippen LogP contribution < -0.4 is 0 Å². The molecule has 0 saturated carbocycles. The number of hydrogen-bond donors (Lipinski definition) is 0. The average molecular weight is 278 g/mol. The van der Waals surface area contributed by atoms with E-state index in [9.17, 15) is 0 Å². The van der Waals surface area contributed by atoms with E-state index < -0.39 is 0 Å². The van der Waals surface area contributed by atoms with Gasteiger partial charge >= 0.3 is 0 Å². The third-order valence-electron chi connectivity index (χ3n) is 3.04. The molecule has 1 aromatic carbocycles. The van der Waals surface area contributed by atoms with E-state index in [2.05, 4.69) is 22.5 Å². The number of hydrogen-bond acceptors (Lipinski definition) is 3. The topological polar surface area (TPSA) is 50.8 Å². The molecule has 100 valence electrons. The van der Waals surface area contributed by atoms with E-state index in [-0.39, 0.29) is 0 Å². The Kier molecular flexibility index (Phi) is 4.41. The second-order valence-corrected chi connectivity index (χ2v) is 4.89. The van der Waals surface area contributed by atoms with Crippen LogP contribution in [0.2, 0.25) is 0 Å². The summed E-state index contributed by atoms with van der Waals surface area (Å²) in [6, 6.07) is 7.79. The number of methoxy groups -OCH3 is 1. The first-order valence-corrected chi connectivity index (χ1v) is 6.67. The number of halogens is 1. The number of imidazole rings is 1. The SMILES string of the molecule is COCC(C)Cn1c(CCl)nc2c(C#N)cccc21. The summed E-state index contributed by atoms with van der Waals surface area (Å²) in [6.07, 6.45) is 0. The van der Waals surface area contributed by atoms with E-state index in [0.717, 1.165) is 23.4 Å². The summed E-state index contributed by atoms with van der Waals surface area (Å²) in [6.45, 7) is 3.57. The summed E-state index contributed by atoms with van der Waals surface area (Å²) in [5, 5.41) is 9.12. The van der Waals surface area contributed by atoms with Crippen LogP contribution in [0, 0.1) is 17.2 Å². The Labute approximate surface area is 117 Å². The van der Waals surface area contributed by atoms with Gasteiger partial charge in [-0.05, 0) is 18.1 Å². The summed E-state index contributed by atoms with van der Waals surface area (Å²) in [5.41, 5.74) is 2.27. The molecule has 0 amide bonds. The van der Waals surface area contributed by atoms with Gasteiger partial charge in [0.1, 0.15) is 17.4 Å². The van der Waals surface area contributed by atoms with E-state index in [1.54, 1.807) is 13.2 Å². The van der Waals surface area contributed by atoms with Crippen molar-refractivity contribution < 1.29 is 4.74 Å². The predicted octanol–water partition coefficient (Wildman–Crippen LogP) is 2.93. The van der Waals surface area contributed by atoms with E-state index in [1.165, 1.54) is 0 Å². The third kappa shape index (κ3) is 2.73. The lowest BCUT2D eigenvalue weighted by atomic mass is 10.1. The fourth-order valence-corrected chi connectivity index (χ4v) is 2.44. The first-order valence-electron chi connectivity index (χ1n) is 6.14. The average Bonchev–Trinajstić information content (AvgIpc) is 2.77. The molecule has 0 aliphatic heterocycles. The number of nitrogens with zero attached hydrogens (tertiary/aromatic N) is 3. The van der Waals surface area contributed by atoms with E-state index >= 15 is 0 Å². The lowest BCUT2D eigenvalue weighted by Crippen LogP contribution is -2.14. The number of aromatic nitrogens is 2. The van der Waals surface area contributed by atoms with Crippen LogP contribution in [-0.2, 0) is 17.2 Å². The molecule has 1 unspecified atom stereocenters. The molecule has 0 spiro atoms. The van der Waals surface area contributed by atoms with Crippen LogP contribution in [0.15, 0.2) is 18.2 Å². The van der Waals surface area contributed by atoms with E-state index in [1.807, 2.05) is 12.1 Å². The third-order valence-corrected chi connectivity index (χ3v) is 3.28. The van der Waals surface area contributed by atoms with Crippen molar-refractivity contribution >= 4 is 22.6 Å². The van der Waals surface area contributed by atoms with Crippen molar-refractivity contribution in [3.63, 3.8) is 0 Å². The Morgan fingerprint density at radius 3 is 2.95 bits per heavy atom. The van der Waals surface area contributed by atoms with Crippen LogP contribution >= 0.6 is 11.6 Å². The Hall–Kier alpha value is -1.57. The molecule has 4 nitrogen and oxygen atoms in total. The van der Waals surface area contributed by atoms with Crippen molar-refractivity contribution in [1.82, 2.24) is 9.55 Å². The Balaban J connectivity index is 2.50. The Bertz CT molecular complexity index is 615. The number of ether oxygens (including phenoxy) is 1. The Morgan fingerprint density at radius 2 is 2.32 bits per heavy atom. The van der Waals surface area contributed by atoms with E-state index in [0.29, 0.717) is 24.0 Å². The molecule has 0 saturated heterocycles. The van der Waals surface area contributed by atoms with Crippen molar-refractivity contribution in [2.75, 3.05) is 13.7 Å². The van der Waals surface area contributed by atoms with Gasteiger partial charge in [-0.25, -0.2) is 4.98 Å². The van der Waals surface area contributed by atoms with E-state index in [4.69, 9.17) is 21.6 Å². The second kappa shape index (κ2) is 6.05. The summed E-state index contributed by atoms with van der Waals surface area (Å²) in [7, 11) is 1.69. The van der Waals surface area contributed by atoms with Gasteiger partial charge in [-0.15, -0.1) is 11.6 Å².